The smallest absolute Gasteiger partial charge is 0.358 e. The van der Waals surface area contributed by atoms with Crippen LogP contribution < -0.4 is 0 Å². The number of Topliss-reactive ketones (excluding diaryl/α,β-unsaturated/α-hetero) is 1. The number of hydrogen-bond acceptors (Lipinski definition) is 4. The van der Waals surface area contributed by atoms with E-state index in [1.165, 1.54) is 12.3 Å². The summed E-state index contributed by atoms with van der Waals surface area (Å²) in [5.74, 6) is -0.544. The molecule has 0 aliphatic carbocycles. The Kier molecular flexibility index (Phi) is 4.57. The van der Waals surface area contributed by atoms with Gasteiger partial charge in [-0.15, -0.1) is 0 Å². The summed E-state index contributed by atoms with van der Waals surface area (Å²) in [6.07, 6.45) is 4.41. The predicted octanol–water partition coefficient (Wildman–Crippen LogP) is 2.75. The molecule has 0 bridgehead atoms. The normalized spacial score (nSPS) is 10.1. The summed E-state index contributed by atoms with van der Waals surface area (Å²) in [4.78, 5) is 25.3. The third-order valence-electron chi connectivity index (χ3n) is 2.27. The van der Waals surface area contributed by atoms with Crippen LogP contribution in [0.1, 0.15) is 43.0 Å². The summed E-state index contributed by atoms with van der Waals surface area (Å²) in [5, 5.41) is 10.6. The van der Waals surface area contributed by atoms with Gasteiger partial charge >= 0.3 is 5.82 Å². The van der Waals surface area contributed by atoms with Crippen LogP contribution in [0.4, 0.5) is 5.82 Å². The topological polar surface area (TPSA) is 73.1 Å². The first-order chi connectivity index (χ1) is 7.66. The van der Waals surface area contributed by atoms with Gasteiger partial charge < -0.3 is 10.1 Å². The maximum Gasteiger partial charge on any atom is 0.374 e. The van der Waals surface area contributed by atoms with E-state index in [0.29, 0.717) is 6.42 Å². The number of carbonyl (C=O) groups is 1. The van der Waals surface area contributed by atoms with E-state index >= 15 is 0 Å². The minimum Gasteiger partial charge on any atom is -0.358 e. The van der Waals surface area contributed by atoms with Crippen molar-refractivity contribution < 1.29 is 9.72 Å². The summed E-state index contributed by atoms with van der Waals surface area (Å²) in [5.41, 5.74) is 0.114. The zero-order chi connectivity index (χ0) is 12.0. The fourth-order valence-corrected chi connectivity index (χ4v) is 1.43. The summed E-state index contributed by atoms with van der Waals surface area (Å²) in [7, 11) is 0. The van der Waals surface area contributed by atoms with Crippen LogP contribution in [0, 0.1) is 10.1 Å². The van der Waals surface area contributed by atoms with E-state index in [1.54, 1.807) is 6.07 Å². The first-order valence-corrected chi connectivity index (χ1v) is 5.29. The second-order valence-electron chi connectivity index (χ2n) is 3.51. The van der Waals surface area contributed by atoms with Crippen LogP contribution in [0.3, 0.4) is 0 Å². The van der Waals surface area contributed by atoms with Crippen LogP contribution in [0.15, 0.2) is 18.3 Å². The molecule has 0 spiro atoms. The molecule has 0 unspecified atom stereocenters. The highest BCUT2D eigenvalue weighted by molar-refractivity contribution is 5.99. The number of nitrogens with zero attached hydrogens (tertiary/aromatic N) is 2. The van der Waals surface area contributed by atoms with Crippen molar-refractivity contribution in [3.8, 4) is 0 Å². The van der Waals surface area contributed by atoms with E-state index < -0.39 is 4.92 Å². The Hall–Kier alpha value is -1.78. The van der Waals surface area contributed by atoms with Crippen molar-refractivity contribution in [1.82, 2.24) is 4.98 Å². The minimum atomic E-state index is -0.618. The van der Waals surface area contributed by atoms with Gasteiger partial charge in [-0.2, -0.15) is 0 Å². The Bertz CT molecular complexity index is 391. The van der Waals surface area contributed by atoms with E-state index in [2.05, 4.69) is 4.98 Å². The van der Waals surface area contributed by atoms with Crippen molar-refractivity contribution in [3.63, 3.8) is 0 Å². The number of carbonyl (C=O) groups excluding carboxylic acids is 1. The van der Waals surface area contributed by atoms with Gasteiger partial charge in [-0.25, -0.2) is 0 Å². The first kappa shape index (κ1) is 12.3. The minimum absolute atomic E-state index is 0.114. The lowest BCUT2D eigenvalue weighted by molar-refractivity contribution is -0.389. The molecule has 16 heavy (non-hydrogen) atoms. The van der Waals surface area contributed by atoms with Crippen LogP contribution in [-0.2, 0) is 0 Å². The Labute approximate surface area is 93.7 Å². The van der Waals surface area contributed by atoms with E-state index in [1.807, 2.05) is 6.92 Å². The Morgan fingerprint density at radius 1 is 1.50 bits per heavy atom. The van der Waals surface area contributed by atoms with Crippen LogP contribution in [0.2, 0.25) is 0 Å². The molecule has 86 valence electrons. The fourth-order valence-electron chi connectivity index (χ4n) is 1.43. The van der Waals surface area contributed by atoms with Gasteiger partial charge in [0, 0.05) is 6.42 Å². The second kappa shape index (κ2) is 5.95. The molecule has 1 aromatic heterocycles. The highest BCUT2D eigenvalue weighted by Crippen LogP contribution is 2.17. The van der Waals surface area contributed by atoms with Gasteiger partial charge in [0.1, 0.15) is 11.8 Å². The number of rotatable bonds is 6. The van der Waals surface area contributed by atoms with Gasteiger partial charge in [-0.1, -0.05) is 19.8 Å². The number of nitro groups is 1. The SMILES string of the molecule is CCCCCC(=O)c1cccnc1[N+](=O)[O-]. The molecule has 0 fully saturated rings. The highest BCUT2D eigenvalue weighted by Gasteiger charge is 2.19. The summed E-state index contributed by atoms with van der Waals surface area (Å²) in [6, 6.07) is 3.00. The number of aromatic nitrogens is 1. The molecule has 0 amide bonds. The van der Waals surface area contributed by atoms with Gasteiger partial charge in [0.25, 0.3) is 0 Å². The zero-order valence-electron chi connectivity index (χ0n) is 9.18. The van der Waals surface area contributed by atoms with Crippen LogP contribution in [0.25, 0.3) is 0 Å². The van der Waals surface area contributed by atoms with Gasteiger partial charge in [-0.3, -0.25) is 4.79 Å². The van der Waals surface area contributed by atoms with Gasteiger partial charge in [0.2, 0.25) is 0 Å². The number of hydrogen-bond donors (Lipinski definition) is 0. The maximum absolute atomic E-state index is 11.7. The third-order valence-corrected chi connectivity index (χ3v) is 2.27. The average Bonchev–Trinajstić information content (AvgIpc) is 2.29. The monoisotopic (exact) mass is 222 g/mol. The summed E-state index contributed by atoms with van der Waals surface area (Å²) >= 11 is 0. The molecule has 0 N–H and O–H groups in total. The number of unbranched alkanes of at least 4 members (excludes halogenated alkanes) is 2. The van der Waals surface area contributed by atoms with Crippen molar-refractivity contribution in [3.05, 3.63) is 34.0 Å². The number of ketones is 1. The predicted molar refractivity (Wildman–Crippen MR) is 59.4 cm³/mol. The molecule has 0 aliphatic heterocycles. The second-order valence-corrected chi connectivity index (χ2v) is 3.51. The molecule has 0 saturated carbocycles. The van der Waals surface area contributed by atoms with Crippen LogP contribution in [-0.4, -0.2) is 15.7 Å². The quantitative estimate of drug-likeness (QED) is 0.321. The summed E-state index contributed by atoms with van der Waals surface area (Å²) < 4.78 is 0. The van der Waals surface area contributed by atoms with Gasteiger partial charge in [0.15, 0.2) is 5.78 Å². The van der Waals surface area contributed by atoms with E-state index in [-0.39, 0.29) is 17.2 Å². The fraction of sp³-hybridized carbons (Fsp3) is 0.455. The molecule has 1 aromatic rings. The highest BCUT2D eigenvalue weighted by atomic mass is 16.6. The standard InChI is InChI=1S/C11H14N2O3/c1-2-3-4-7-10(14)9-6-5-8-12-11(9)13(15)16/h5-6,8H,2-4,7H2,1H3. The first-order valence-electron chi connectivity index (χ1n) is 5.29. The molecule has 1 heterocycles. The zero-order valence-corrected chi connectivity index (χ0v) is 9.18. The lowest BCUT2D eigenvalue weighted by Gasteiger charge is -2.01. The van der Waals surface area contributed by atoms with Crippen LogP contribution in [0.5, 0.6) is 0 Å². The molecule has 0 saturated heterocycles. The molecular weight excluding hydrogens is 208 g/mol. The molecular formula is C11H14N2O3. The maximum atomic E-state index is 11.7. The Balaban J connectivity index is 2.78. The Morgan fingerprint density at radius 2 is 2.25 bits per heavy atom. The molecule has 0 aliphatic rings. The average molecular weight is 222 g/mol. The Morgan fingerprint density at radius 3 is 2.88 bits per heavy atom. The van der Waals surface area contributed by atoms with Crippen molar-refractivity contribution in [2.24, 2.45) is 0 Å². The van der Waals surface area contributed by atoms with Gasteiger partial charge in [-0.05, 0) is 28.5 Å². The molecule has 0 aromatic carbocycles. The molecule has 5 nitrogen and oxygen atoms in total. The van der Waals surface area contributed by atoms with Crippen molar-refractivity contribution in [2.45, 2.75) is 32.6 Å². The lowest BCUT2D eigenvalue weighted by atomic mass is 10.1. The largest absolute Gasteiger partial charge is 0.374 e. The van der Waals surface area contributed by atoms with E-state index in [9.17, 15) is 14.9 Å². The van der Waals surface area contributed by atoms with Crippen molar-refractivity contribution in [2.75, 3.05) is 0 Å². The third kappa shape index (κ3) is 3.12. The molecule has 0 radical (unpaired) electrons. The molecule has 5 heteroatoms. The van der Waals surface area contributed by atoms with Crippen LogP contribution >= 0.6 is 0 Å². The van der Waals surface area contributed by atoms with Crippen molar-refractivity contribution in [1.29, 1.82) is 0 Å². The van der Waals surface area contributed by atoms with Gasteiger partial charge in [0.05, 0.1) is 0 Å². The van der Waals surface area contributed by atoms with E-state index in [4.69, 9.17) is 0 Å². The molecule has 1 rings (SSSR count). The summed E-state index contributed by atoms with van der Waals surface area (Å²) in [6.45, 7) is 2.04. The lowest BCUT2D eigenvalue weighted by Crippen LogP contribution is -2.05. The van der Waals surface area contributed by atoms with E-state index in [0.717, 1.165) is 19.3 Å². The number of pyridine rings is 1. The molecule has 0 atom stereocenters. The van der Waals surface area contributed by atoms with Crippen molar-refractivity contribution >= 4 is 11.6 Å².